The molecule has 138 valence electrons. The van der Waals surface area contributed by atoms with Crippen LogP contribution in [0, 0.1) is 5.41 Å². The quantitative estimate of drug-likeness (QED) is 0.832. The lowest BCUT2D eigenvalue weighted by Gasteiger charge is -2.48. The van der Waals surface area contributed by atoms with Gasteiger partial charge in [0.1, 0.15) is 0 Å². The summed E-state index contributed by atoms with van der Waals surface area (Å²) in [5.74, 6) is 0. The average Bonchev–Trinajstić information content (AvgIpc) is 2.70. The van der Waals surface area contributed by atoms with Crippen LogP contribution in [-0.2, 0) is 10.0 Å². The summed E-state index contributed by atoms with van der Waals surface area (Å²) in [6, 6.07) is 12.9. The molecule has 2 fully saturated rings. The van der Waals surface area contributed by atoms with Gasteiger partial charge in [0, 0.05) is 44.3 Å². The van der Waals surface area contributed by atoms with Crippen molar-refractivity contribution in [1.82, 2.24) is 9.29 Å². The van der Waals surface area contributed by atoms with Gasteiger partial charge in [0.25, 0.3) is 0 Å². The van der Waals surface area contributed by atoms with Crippen LogP contribution in [0.2, 0.25) is 0 Å². The highest BCUT2D eigenvalue weighted by Gasteiger charge is 2.41. The molecule has 0 aliphatic carbocycles. The predicted molar refractivity (Wildman–Crippen MR) is 103 cm³/mol. The Morgan fingerprint density at radius 2 is 1.58 bits per heavy atom. The number of sulfonamides is 1. The largest absolute Gasteiger partial charge is 0.371 e. The molecule has 0 saturated carbocycles. The number of anilines is 1. The standard InChI is InChI=1S/C20H25N3O2S/c24-26(25,19-5-2-1-3-6-19)23-15-10-20(11-16-23)9-4-14-22(17-20)18-7-12-21-13-8-18/h1-3,5-8,12-13H,4,9-11,14-17H2. The fourth-order valence-electron chi connectivity index (χ4n) is 4.33. The lowest BCUT2D eigenvalue weighted by molar-refractivity contribution is 0.129. The van der Waals surface area contributed by atoms with Gasteiger partial charge in [-0.15, -0.1) is 0 Å². The number of benzene rings is 1. The van der Waals surface area contributed by atoms with Gasteiger partial charge in [-0.2, -0.15) is 4.31 Å². The molecule has 1 aromatic carbocycles. The summed E-state index contributed by atoms with van der Waals surface area (Å²) in [5, 5.41) is 0. The average molecular weight is 372 g/mol. The van der Waals surface area contributed by atoms with Gasteiger partial charge in [0.15, 0.2) is 0 Å². The fourth-order valence-corrected chi connectivity index (χ4v) is 5.80. The first kappa shape index (κ1) is 17.5. The van der Waals surface area contributed by atoms with Crippen LogP contribution < -0.4 is 4.90 Å². The first-order valence-corrected chi connectivity index (χ1v) is 10.7. The summed E-state index contributed by atoms with van der Waals surface area (Å²) in [4.78, 5) is 6.95. The van der Waals surface area contributed by atoms with Crippen molar-refractivity contribution in [2.75, 3.05) is 31.1 Å². The second-order valence-corrected chi connectivity index (χ2v) is 9.39. The van der Waals surface area contributed by atoms with E-state index in [4.69, 9.17) is 0 Å². The van der Waals surface area contributed by atoms with E-state index in [0.717, 1.165) is 32.4 Å². The van der Waals surface area contributed by atoms with Crippen molar-refractivity contribution in [1.29, 1.82) is 0 Å². The van der Waals surface area contributed by atoms with Crippen molar-refractivity contribution in [3.63, 3.8) is 0 Å². The first-order valence-electron chi connectivity index (χ1n) is 9.29. The molecule has 0 bridgehead atoms. The van der Waals surface area contributed by atoms with Crippen LogP contribution in [-0.4, -0.2) is 43.9 Å². The maximum Gasteiger partial charge on any atom is 0.243 e. The third-order valence-corrected chi connectivity index (χ3v) is 7.77. The minimum absolute atomic E-state index is 0.226. The van der Waals surface area contributed by atoms with Crippen molar-refractivity contribution >= 4 is 15.7 Å². The van der Waals surface area contributed by atoms with Gasteiger partial charge in [-0.1, -0.05) is 18.2 Å². The summed E-state index contributed by atoms with van der Waals surface area (Å²) in [6.07, 6.45) is 7.89. The zero-order valence-electron chi connectivity index (χ0n) is 14.9. The van der Waals surface area contributed by atoms with Gasteiger partial charge >= 0.3 is 0 Å². The Morgan fingerprint density at radius 1 is 0.885 bits per heavy atom. The number of piperidine rings is 2. The molecule has 1 spiro atoms. The van der Waals surface area contributed by atoms with Crippen LogP contribution in [0.5, 0.6) is 0 Å². The van der Waals surface area contributed by atoms with Crippen molar-refractivity contribution < 1.29 is 8.42 Å². The van der Waals surface area contributed by atoms with E-state index in [-0.39, 0.29) is 5.41 Å². The Balaban J connectivity index is 1.46. The Bertz CT molecular complexity index is 832. The van der Waals surface area contributed by atoms with E-state index in [9.17, 15) is 8.42 Å². The molecule has 2 saturated heterocycles. The third kappa shape index (κ3) is 3.35. The number of aromatic nitrogens is 1. The molecule has 2 aromatic rings. The maximum absolute atomic E-state index is 12.9. The first-order chi connectivity index (χ1) is 12.6. The fraction of sp³-hybridized carbons (Fsp3) is 0.450. The Hall–Kier alpha value is -1.92. The molecule has 2 aliphatic rings. The van der Waals surface area contributed by atoms with Gasteiger partial charge in [0.05, 0.1) is 4.90 Å². The van der Waals surface area contributed by atoms with Crippen LogP contribution in [0.15, 0.2) is 59.8 Å². The molecule has 3 heterocycles. The molecular weight excluding hydrogens is 346 g/mol. The molecule has 4 rings (SSSR count). The zero-order chi connectivity index (χ0) is 18.0. The molecular formula is C20H25N3O2S. The Morgan fingerprint density at radius 3 is 2.27 bits per heavy atom. The number of hydrogen-bond acceptors (Lipinski definition) is 4. The summed E-state index contributed by atoms with van der Waals surface area (Å²) in [5.41, 5.74) is 1.45. The van der Waals surface area contributed by atoms with Crippen LogP contribution in [0.1, 0.15) is 25.7 Å². The second-order valence-electron chi connectivity index (χ2n) is 7.45. The SMILES string of the molecule is O=S(=O)(c1ccccc1)N1CCC2(CCCN(c3ccncc3)C2)CC1. The van der Waals surface area contributed by atoms with E-state index in [0.29, 0.717) is 18.0 Å². The lowest BCUT2D eigenvalue weighted by atomic mass is 9.73. The van der Waals surface area contributed by atoms with Gasteiger partial charge in [-0.05, 0) is 55.4 Å². The number of pyridine rings is 1. The van der Waals surface area contributed by atoms with E-state index in [1.807, 2.05) is 18.5 Å². The normalized spacial score (nSPS) is 21.0. The van der Waals surface area contributed by atoms with E-state index in [2.05, 4.69) is 22.0 Å². The molecule has 1 aromatic heterocycles. The van der Waals surface area contributed by atoms with E-state index >= 15 is 0 Å². The van der Waals surface area contributed by atoms with E-state index < -0.39 is 10.0 Å². The van der Waals surface area contributed by atoms with Gasteiger partial charge in [0.2, 0.25) is 10.0 Å². The summed E-state index contributed by atoms with van der Waals surface area (Å²) in [7, 11) is -3.37. The lowest BCUT2D eigenvalue weighted by Crippen LogP contribution is -2.50. The number of rotatable bonds is 3. The summed E-state index contributed by atoms with van der Waals surface area (Å²) >= 11 is 0. The van der Waals surface area contributed by atoms with Crippen LogP contribution >= 0.6 is 0 Å². The third-order valence-electron chi connectivity index (χ3n) is 5.85. The highest BCUT2D eigenvalue weighted by atomic mass is 32.2. The van der Waals surface area contributed by atoms with Gasteiger partial charge in [-0.3, -0.25) is 4.98 Å². The molecule has 26 heavy (non-hydrogen) atoms. The highest BCUT2D eigenvalue weighted by molar-refractivity contribution is 7.89. The smallest absolute Gasteiger partial charge is 0.243 e. The molecule has 6 heteroatoms. The number of hydrogen-bond donors (Lipinski definition) is 0. The maximum atomic E-state index is 12.9. The Labute approximate surface area is 155 Å². The van der Waals surface area contributed by atoms with Crippen LogP contribution in [0.25, 0.3) is 0 Å². The minimum Gasteiger partial charge on any atom is -0.371 e. The Kier molecular flexibility index (Phi) is 4.71. The summed E-state index contributed by atoms with van der Waals surface area (Å²) < 4.78 is 27.4. The van der Waals surface area contributed by atoms with Crippen LogP contribution in [0.4, 0.5) is 5.69 Å². The predicted octanol–water partition coefficient (Wildman–Crippen LogP) is 3.15. The van der Waals surface area contributed by atoms with Crippen LogP contribution in [0.3, 0.4) is 0 Å². The van der Waals surface area contributed by atoms with E-state index in [1.54, 1.807) is 28.6 Å². The zero-order valence-corrected chi connectivity index (χ0v) is 15.7. The monoisotopic (exact) mass is 371 g/mol. The number of nitrogens with zero attached hydrogens (tertiary/aromatic N) is 3. The molecule has 0 radical (unpaired) electrons. The van der Waals surface area contributed by atoms with Gasteiger partial charge < -0.3 is 4.90 Å². The molecule has 5 nitrogen and oxygen atoms in total. The highest BCUT2D eigenvalue weighted by Crippen LogP contribution is 2.42. The molecule has 2 aliphatic heterocycles. The summed E-state index contributed by atoms with van der Waals surface area (Å²) in [6.45, 7) is 3.30. The molecule has 0 amide bonds. The molecule has 0 atom stereocenters. The van der Waals surface area contributed by atoms with Crippen molar-refractivity contribution in [2.45, 2.75) is 30.6 Å². The van der Waals surface area contributed by atoms with Gasteiger partial charge in [-0.25, -0.2) is 8.42 Å². The van der Waals surface area contributed by atoms with Crippen molar-refractivity contribution in [3.05, 3.63) is 54.9 Å². The molecule has 0 N–H and O–H groups in total. The second kappa shape index (κ2) is 7.00. The van der Waals surface area contributed by atoms with Crippen molar-refractivity contribution in [3.8, 4) is 0 Å². The molecule has 0 unspecified atom stereocenters. The topological polar surface area (TPSA) is 53.5 Å². The minimum atomic E-state index is -3.37. The van der Waals surface area contributed by atoms with E-state index in [1.165, 1.54) is 12.1 Å². The van der Waals surface area contributed by atoms with Crippen molar-refractivity contribution in [2.24, 2.45) is 5.41 Å².